The van der Waals surface area contributed by atoms with Crippen LogP contribution >= 0.6 is 0 Å². The Balaban J connectivity index is 4.98. The zero-order chi connectivity index (χ0) is 8.58. The monoisotopic (exact) mass is 177 g/mol. The van der Waals surface area contributed by atoms with Gasteiger partial charge in [0.15, 0.2) is 5.30 Å². The quantitative estimate of drug-likeness (QED) is 0.488. The lowest BCUT2D eigenvalue weighted by Crippen LogP contribution is -2.39. The zero-order valence-corrected chi connectivity index (χ0v) is 4.99. The zero-order valence-electron chi connectivity index (χ0n) is 4.18. The van der Waals surface area contributed by atoms with Gasteiger partial charge in [-0.3, -0.25) is 0 Å². The van der Waals surface area contributed by atoms with E-state index < -0.39 is 20.6 Å². The van der Waals surface area contributed by atoms with Gasteiger partial charge in [0, 0.05) is 0 Å². The fourth-order valence-corrected chi connectivity index (χ4v) is 0.283. The summed E-state index contributed by atoms with van der Waals surface area (Å²) in [6.45, 7) is 0. The molecule has 0 fully saturated rings. The SMILES string of the molecule is O=C([O-])S(=O)(=O)C(F)(F)F. The van der Waals surface area contributed by atoms with Crippen molar-refractivity contribution in [2.75, 3.05) is 0 Å². The van der Waals surface area contributed by atoms with Crippen molar-refractivity contribution >= 4 is 15.1 Å². The van der Waals surface area contributed by atoms with Crippen LogP contribution in [-0.2, 0) is 9.84 Å². The summed E-state index contributed by atoms with van der Waals surface area (Å²) in [6, 6.07) is 0. The lowest BCUT2D eigenvalue weighted by atomic mass is 11.5. The number of alkyl halides is 3. The van der Waals surface area contributed by atoms with Crippen LogP contribution < -0.4 is 5.11 Å². The van der Waals surface area contributed by atoms with E-state index >= 15 is 0 Å². The summed E-state index contributed by atoms with van der Waals surface area (Å²) < 4.78 is 52.4. The lowest BCUT2D eigenvalue weighted by Gasteiger charge is -2.06. The largest absolute Gasteiger partial charge is 0.534 e. The van der Waals surface area contributed by atoms with E-state index in [1.807, 2.05) is 0 Å². The summed E-state index contributed by atoms with van der Waals surface area (Å²) in [5.74, 6) is 0. The molecule has 10 heavy (non-hydrogen) atoms. The van der Waals surface area contributed by atoms with Gasteiger partial charge in [-0.1, -0.05) is 0 Å². The summed E-state index contributed by atoms with van der Waals surface area (Å²) in [5.41, 5.74) is -5.77. The first-order chi connectivity index (χ1) is 4.19. The van der Waals surface area contributed by atoms with Crippen molar-refractivity contribution in [3.05, 3.63) is 0 Å². The van der Waals surface area contributed by atoms with E-state index in [1.165, 1.54) is 0 Å². The molecule has 0 atom stereocenters. The minimum absolute atomic E-state index is 3.14. The Kier molecular flexibility index (Phi) is 1.95. The van der Waals surface area contributed by atoms with Crippen molar-refractivity contribution in [2.24, 2.45) is 0 Å². The number of halogens is 3. The summed E-state index contributed by atoms with van der Waals surface area (Å²) in [7, 11) is -6.11. The Hall–Kier alpha value is -0.790. The maximum absolute atomic E-state index is 11.1. The van der Waals surface area contributed by atoms with Crippen LogP contribution in [0.3, 0.4) is 0 Å². The minimum atomic E-state index is -6.11. The Bertz CT molecular complexity index is 236. The number of sulfone groups is 1. The molecule has 0 saturated heterocycles. The van der Waals surface area contributed by atoms with Crippen molar-refractivity contribution in [1.82, 2.24) is 0 Å². The van der Waals surface area contributed by atoms with Crippen molar-refractivity contribution < 1.29 is 31.5 Å². The molecule has 0 radical (unpaired) electrons. The second-order valence-corrected chi connectivity index (χ2v) is 3.00. The minimum Gasteiger partial charge on any atom is -0.534 e. The highest BCUT2D eigenvalue weighted by Gasteiger charge is 2.46. The Morgan fingerprint density at radius 1 is 1.30 bits per heavy atom. The highest BCUT2D eigenvalue weighted by molar-refractivity contribution is 8.06. The van der Waals surface area contributed by atoms with Gasteiger partial charge in [-0.25, -0.2) is 8.42 Å². The number of carbonyl (C=O) groups excluding carboxylic acids is 1. The molecule has 0 aliphatic rings. The van der Waals surface area contributed by atoms with E-state index in [0.29, 0.717) is 0 Å². The summed E-state index contributed by atoms with van der Waals surface area (Å²) in [6.07, 6.45) is 0. The second kappa shape index (κ2) is 2.11. The molecule has 0 aromatic carbocycles. The third kappa shape index (κ3) is 1.38. The van der Waals surface area contributed by atoms with E-state index in [2.05, 4.69) is 0 Å². The van der Waals surface area contributed by atoms with Gasteiger partial charge >= 0.3 is 5.51 Å². The first kappa shape index (κ1) is 9.21. The molecule has 0 N–H and O–H groups in total. The van der Waals surface area contributed by atoms with Crippen LogP contribution in [0.4, 0.5) is 18.0 Å². The van der Waals surface area contributed by atoms with Crippen LogP contribution in [0.1, 0.15) is 0 Å². The normalized spacial score (nSPS) is 13.1. The molecule has 0 heterocycles. The molecule has 60 valence electrons. The topological polar surface area (TPSA) is 74.3 Å². The van der Waals surface area contributed by atoms with Crippen molar-refractivity contribution in [3.63, 3.8) is 0 Å². The lowest BCUT2D eigenvalue weighted by molar-refractivity contribution is -0.235. The van der Waals surface area contributed by atoms with E-state index in [0.717, 1.165) is 0 Å². The van der Waals surface area contributed by atoms with Crippen LogP contribution in [0.2, 0.25) is 0 Å². The van der Waals surface area contributed by atoms with Gasteiger partial charge in [-0.05, 0) is 0 Å². The molecule has 0 saturated carbocycles. The first-order valence-electron chi connectivity index (χ1n) is 1.72. The van der Waals surface area contributed by atoms with E-state index in [-0.39, 0.29) is 0 Å². The number of carboxylic acid groups (broad SMARTS) is 1. The molecule has 0 rings (SSSR count). The highest BCUT2D eigenvalue weighted by atomic mass is 32.2. The van der Waals surface area contributed by atoms with Crippen molar-refractivity contribution in [1.29, 1.82) is 0 Å². The van der Waals surface area contributed by atoms with Crippen LogP contribution in [0, 0.1) is 0 Å². The predicted molar refractivity (Wildman–Crippen MR) is 20.4 cm³/mol. The Labute approximate surface area is 53.2 Å². The molecule has 4 nitrogen and oxygen atoms in total. The molecule has 0 aromatic rings. The maximum atomic E-state index is 11.1. The molecular formula is C2F3O4S-. The Morgan fingerprint density at radius 3 is 1.60 bits per heavy atom. The third-order valence-electron chi connectivity index (χ3n) is 0.524. The summed E-state index contributed by atoms with van der Waals surface area (Å²) in [5, 5.41) is 6.11. The van der Waals surface area contributed by atoms with E-state index in [1.54, 1.807) is 0 Å². The standard InChI is InChI=1S/C2HF3O4S/c3-2(4,5)10(8,9)1(6)7/h(H,6,7)/p-1. The van der Waals surface area contributed by atoms with Gasteiger partial charge in [0.25, 0.3) is 9.84 Å². The second-order valence-electron chi connectivity index (χ2n) is 1.20. The van der Waals surface area contributed by atoms with E-state index in [4.69, 9.17) is 0 Å². The predicted octanol–water partition coefficient (Wildman–Crippen LogP) is -0.736. The maximum Gasteiger partial charge on any atom is 0.503 e. The molecule has 0 amide bonds. The molecule has 0 aliphatic carbocycles. The molecule has 0 aromatic heterocycles. The van der Waals surface area contributed by atoms with Crippen LogP contribution in [-0.4, -0.2) is 19.2 Å². The molecule has 0 aliphatic heterocycles. The van der Waals surface area contributed by atoms with Gasteiger partial charge < -0.3 is 9.90 Å². The van der Waals surface area contributed by atoms with Gasteiger partial charge in [0.1, 0.15) is 0 Å². The van der Waals surface area contributed by atoms with Crippen LogP contribution in [0.5, 0.6) is 0 Å². The summed E-state index contributed by atoms with van der Waals surface area (Å²) in [4.78, 5) is 9.25. The number of carbonyl (C=O) groups is 1. The van der Waals surface area contributed by atoms with Crippen LogP contribution in [0.15, 0.2) is 0 Å². The smallest absolute Gasteiger partial charge is 0.503 e. The molecule has 0 spiro atoms. The van der Waals surface area contributed by atoms with Gasteiger partial charge in [-0.15, -0.1) is 0 Å². The average Bonchev–Trinajstić information content (AvgIpc) is 1.62. The van der Waals surface area contributed by atoms with Crippen molar-refractivity contribution in [3.8, 4) is 0 Å². The van der Waals surface area contributed by atoms with Crippen LogP contribution in [0.25, 0.3) is 0 Å². The number of rotatable bonds is 0. The van der Waals surface area contributed by atoms with E-state index in [9.17, 15) is 31.5 Å². The number of hydrogen-bond acceptors (Lipinski definition) is 4. The van der Waals surface area contributed by atoms with Gasteiger partial charge in [0.2, 0.25) is 0 Å². The summed E-state index contributed by atoms with van der Waals surface area (Å²) >= 11 is 0. The van der Waals surface area contributed by atoms with Gasteiger partial charge in [-0.2, -0.15) is 13.2 Å². The highest BCUT2D eigenvalue weighted by Crippen LogP contribution is 2.23. The molecule has 8 heteroatoms. The fourth-order valence-electron chi connectivity index (χ4n) is 0.0945. The molecule has 0 bridgehead atoms. The van der Waals surface area contributed by atoms with Gasteiger partial charge in [0.05, 0.1) is 0 Å². The third-order valence-corrected chi connectivity index (χ3v) is 1.57. The van der Waals surface area contributed by atoms with Crippen molar-refractivity contribution in [2.45, 2.75) is 5.51 Å². The number of hydrogen-bond donors (Lipinski definition) is 0. The molecule has 0 unspecified atom stereocenters. The average molecular weight is 177 g/mol. The first-order valence-corrected chi connectivity index (χ1v) is 3.20. The fraction of sp³-hybridized carbons (Fsp3) is 0.500. The Morgan fingerprint density at radius 2 is 1.60 bits per heavy atom. The molecular weight excluding hydrogens is 177 g/mol.